The Balaban J connectivity index is 2.27. The molecule has 1 rings (SSSR count). The molecule has 1 aromatic carbocycles. The molecule has 8 nitrogen and oxygen atoms in total. The number of amides is 4. The lowest BCUT2D eigenvalue weighted by Gasteiger charge is -2.09. The molecule has 0 saturated carbocycles. The van der Waals surface area contributed by atoms with E-state index in [4.69, 9.17) is 11.5 Å². The summed E-state index contributed by atoms with van der Waals surface area (Å²) in [6, 6.07) is 7.62. The molecule has 154 valence electrons. The first kappa shape index (κ1) is 23.1. The zero-order chi connectivity index (χ0) is 20.8. The Hall–Kier alpha value is -2.90. The van der Waals surface area contributed by atoms with E-state index in [-0.39, 0.29) is 23.6 Å². The number of benzene rings is 1. The van der Waals surface area contributed by atoms with Gasteiger partial charge >= 0.3 is 0 Å². The Labute approximate surface area is 165 Å². The predicted molar refractivity (Wildman–Crippen MR) is 105 cm³/mol. The maximum absolute atomic E-state index is 11.8. The van der Waals surface area contributed by atoms with E-state index >= 15 is 0 Å². The fourth-order valence-corrected chi connectivity index (χ4v) is 2.60. The van der Waals surface area contributed by atoms with Crippen LogP contribution in [0.15, 0.2) is 24.3 Å². The largest absolute Gasteiger partial charge is 0.370 e. The average molecular weight is 390 g/mol. The highest BCUT2D eigenvalue weighted by molar-refractivity contribution is 5.77. The van der Waals surface area contributed by atoms with E-state index < -0.39 is 0 Å². The van der Waals surface area contributed by atoms with Crippen molar-refractivity contribution in [2.24, 2.45) is 11.5 Å². The zero-order valence-electron chi connectivity index (χ0n) is 16.2. The standard InChI is InChI=1S/C20H30N4O4/c21-17(25)8-1-3-10-19(27)23-13-15-6-5-7-16(12-15)14-24-20(28)11-4-2-9-18(22)26/h5-7,12H,1-4,8-11,13-14H2,(H2,21,25)(H2,22,26)(H,23,27)(H,24,28). The van der Waals surface area contributed by atoms with Gasteiger partial charge in [-0.25, -0.2) is 0 Å². The fraction of sp³-hybridized carbons (Fsp3) is 0.500. The zero-order valence-corrected chi connectivity index (χ0v) is 16.2. The van der Waals surface area contributed by atoms with Gasteiger partial charge in [-0.15, -0.1) is 0 Å². The molecule has 0 fully saturated rings. The summed E-state index contributed by atoms with van der Waals surface area (Å²) < 4.78 is 0. The minimum Gasteiger partial charge on any atom is -0.370 e. The van der Waals surface area contributed by atoms with Gasteiger partial charge in [0.2, 0.25) is 23.6 Å². The van der Waals surface area contributed by atoms with Crippen molar-refractivity contribution in [3.8, 4) is 0 Å². The fourth-order valence-electron chi connectivity index (χ4n) is 2.60. The molecule has 0 aliphatic carbocycles. The van der Waals surface area contributed by atoms with Gasteiger partial charge in [0.15, 0.2) is 0 Å². The molecular formula is C20H30N4O4. The van der Waals surface area contributed by atoms with Crippen LogP contribution in [0.25, 0.3) is 0 Å². The van der Waals surface area contributed by atoms with Crippen LogP contribution in [0.3, 0.4) is 0 Å². The molecule has 0 bridgehead atoms. The summed E-state index contributed by atoms with van der Waals surface area (Å²) in [5, 5.41) is 5.68. The Bertz CT molecular complexity index is 623. The van der Waals surface area contributed by atoms with Crippen LogP contribution >= 0.6 is 0 Å². The number of unbranched alkanes of at least 4 members (excludes halogenated alkanes) is 2. The summed E-state index contributed by atoms with van der Waals surface area (Å²) >= 11 is 0. The molecule has 0 radical (unpaired) electrons. The van der Waals surface area contributed by atoms with Gasteiger partial charge < -0.3 is 22.1 Å². The van der Waals surface area contributed by atoms with Gasteiger partial charge in [0.1, 0.15) is 0 Å². The van der Waals surface area contributed by atoms with Crippen molar-refractivity contribution in [2.75, 3.05) is 0 Å². The van der Waals surface area contributed by atoms with Gasteiger partial charge in [-0.05, 0) is 36.8 Å². The number of carbonyl (C=O) groups is 4. The van der Waals surface area contributed by atoms with Crippen LogP contribution in [0.5, 0.6) is 0 Å². The number of hydrogen-bond donors (Lipinski definition) is 4. The third-order valence-electron chi connectivity index (χ3n) is 4.12. The van der Waals surface area contributed by atoms with E-state index in [0.29, 0.717) is 64.5 Å². The highest BCUT2D eigenvalue weighted by Crippen LogP contribution is 2.07. The Morgan fingerprint density at radius 3 is 1.46 bits per heavy atom. The Morgan fingerprint density at radius 2 is 1.07 bits per heavy atom. The van der Waals surface area contributed by atoms with E-state index in [9.17, 15) is 19.2 Å². The third-order valence-corrected chi connectivity index (χ3v) is 4.12. The number of carbonyl (C=O) groups excluding carboxylic acids is 4. The van der Waals surface area contributed by atoms with Crippen molar-refractivity contribution in [3.63, 3.8) is 0 Å². The summed E-state index contributed by atoms with van der Waals surface area (Å²) in [6.45, 7) is 0.813. The first-order chi connectivity index (χ1) is 13.4. The van der Waals surface area contributed by atoms with Crippen LogP contribution in [0.2, 0.25) is 0 Å². The molecule has 0 heterocycles. The summed E-state index contributed by atoms with van der Waals surface area (Å²) in [6.07, 6.45) is 3.79. The van der Waals surface area contributed by atoms with Crippen LogP contribution in [0.1, 0.15) is 62.5 Å². The Morgan fingerprint density at radius 1 is 0.679 bits per heavy atom. The second-order valence-corrected chi connectivity index (χ2v) is 6.72. The van der Waals surface area contributed by atoms with Gasteiger partial charge in [0.05, 0.1) is 0 Å². The number of primary amides is 2. The Kier molecular flexibility index (Phi) is 11.0. The maximum Gasteiger partial charge on any atom is 0.220 e. The van der Waals surface area contributed by atoms with Gasteiger partial charge in [0, 0.05) is 38.8 Å². The normalized spacial score (nSPS) is 10.3. The highest BCUT2D eigenvalue weighted by atomic mass is 16.2. The van der Waals surface area contributed by atoms with Crippen LogP contribution in [0.4, 0.5) is 0 Å². The number of nitrogens with one attached hydrogen (secondary N) is 2. The van der Waals surface area contributed by atoms with Crippen molar-refractivity contribution in [2.45, 2.75) is 64.5 Å². The van der Waals surface area contributed by atoms with Crippen molar-refractivity contribution in [1.29, 1.82) is 0 Å². The van der Waals surface area contributed by atoms with Crippen molar-refractivity contribution >= 4 is 23.6 Å². The molecule has 4 amide bonds. The van der Waals surface area contributed by atoms with Crippen LogP contribution < -0.4 is 22.1 Å². The molecule has 28 heavy (non-hydrogen) atoms. The molecule has 0 aromatic heterocycles. The first-order valence-corrected chi connectivity index (χ1v) is 9.54. The molecular weight excluding hydrogens is 360 g/mol. The van der Waals surface area contributed by atoms with E-state index in [1.54, 1.807) is 0 Å². The molecule has 0 unspecified atom stereocenters. The van der Waals surface area contributed by atoms with Gasteiger partial charge in [-0.2, -0.15) is 0 Å². The molecule has 0 spiro atoms. The molecule has 0 aliphatic rings. The third kappa shape index (κ3) is 11.7. The topological polar surface area (TPSA) is 144 Å². The van der Waals surface area contributed by atoms with Crippen molar-refractivity contribution in [1.82, 2.24) is 10.6 Å². The summed E-state index contributed by atoms with van der Waals surface area (Å²) in [7, 11) is 0. The van der Waals surface area contributed by atoms with E-state index in [0.717, 1.165) is 11.1 Å². The van der Waals surface area contributed by atoms with Gasteiger partial charge in [-0.3, -0.25) is 19.2 Å². The highest BCUT2D eigenvalue weighted by Gasteiger charge is 2.05. The lowest BCUT2D eigenvalue weighted by molar-refractivity contribution is -0.122. The summed E-state index contributed by atoms with van der Waals surface area (Å²) in [5.41, 5.74) is 12.0. The monoisotopic (exact) mass is 390 g/mol. The summed E-state index contributed by atoms with van der Waals surface area (Å²) in [5.74, 6) is -0.844. The molecule has 0 atom stereocenters. The number of rotatable bonds is 14. The van der Waals surface area contributed by atoms with Crippen LogP contribution in [0, 0.1) is 0 Å². The van der Waals surface area contributed by atoms with Crippen LogP contribution in [-0.4, -0.2) is 23.6 Å². The van der Waals surface area contributed by atoms with Gasteiger partial charge in [0.25, 0.3) is 0 Å². The minimum atomic E-state index is -0.352. The van der Waals surface area contributed by atoms with Crippen molar-refractivity contribution < 1.29 is 19.2 Å². The second-order valence-electron chi connectivity index (χ2n) is 6.72. The molecule has 1 aromatic rings. The molecule has 6 N–H and O–H groups in total. The quantitative estimate of drug-likeness (QED) is 0.351. The average Bonchev–Trinajstić information content (AvgIpc) is 2.65. The molecule has 0 saturated heterocycles. The summed E-state index contributed by atoms with van der Waals surface area (Å²) in [4.78, 5) is 44.9. The molecule has 0 aliphatic heterocycles. The lowest BCUT2D eigenvalue weighted by Crippen LogP contribution is -2.24. The van der Waals surface area contributed by atoms with E-state index in [1.807, 2.05) is 24.3 Å². The smallest absolute Gasteiger partial charge is 0.220 e. The number of nitrogens with two attached hydrogens (primary N) is 2. The van der Waals surface area contributed by atoms with E-state index in [1.165, 1.54) is 0 Å². The van der Waals surface area contributed by atoms with Crippen molar-refractivity contribution in [3.05, 3.63) is 35.4 Å². The van der Waals surface area contributed by atoms with Crippen LogP contribution in [-0.2, 0) is 32.3 Å². The van der Waals surface area contributed by atoms with Gasteiger partial charge in [-0.1, -0.05) is 24.3 Å². The predicted octanol–water partition coefficient (Wildman–Crippen LogP) is 1.01. The minimum absolute atomic E-state index is 0.0702. The second kappa shape index (κ2) is 13.3. The maximum atomic E-state index is 11.8. The number of hydrogen-bond acceptors (Lipinski definition) is 4. The lowest BCUT2D eigenvalue weighted by atomic mass is 10.1. The van der Waals surface area contributed by atoms with E-state index in [2.05, 4.69) is 10.6 Å². The molecule has 8 heteroatoms. The SMILES string of the molecule is NC(=O)CCCCC(=O)NCc1cccc(CNC(=O)CCCCC(N)=O)c1. The first-order valence-electron chi connectivity index (χ1n) is 9.54.